The zero-order valence-electron chi connectivity index (χ0n) is 15.5. The van der Waals surface area contributed by atoms with Crippen LogP contribution in [0.25, 0.3) is 0 Å². The van der Waals surface area contributed by atoms with Gasteiger partial charge in [0.15, 0.2) is 0 Å². The van der Waals surface area contributed by atoms with Gasteiger partial charge in [-0.15, -0.1) is 0 Å². The number of fused-ring (bicyclic) bond motifs is 1. The highest BCUT2D eigenvalue weighted by atomic mass is 16.5. The third-order valence-corrected chi connectivity index (χ3v) is 4.84. The number of nitrogens with zero attached hydrogens (tertiary/aromatic N) is 2. The number of carbonyl (C=O) groups excluding carboxylic acids is 1. The normalized spacial score (nSPS) is 15.8. The minimum Gasteiger partial charge on any atom is -0.508 e. The summed E-state index contributed by atoms with van der Waals surface area (Å²) in [5, 5.41) is 17.0. The minimum atomic E-state index is -0.232. The number of phenolic OH excluding ortho intramolecular Hbond substituents is 1. The molecule has 0 spiro atoms. The van der Waals surface area contributed by atoms with E-state index in [0.717, 1.165) is 17.7 Å². The monoisotopic (exact) mass is 377 g/mol. The van der Waals surface area contributed by atoms with Crippen molar-refractivity contribution in [2.45, 2.75) is 25.5 Å². The fourth-order valence-electron chi connectivity index (χ4n) is 3.41. The van der Waals surface area contributed by atoms with Crippen LogP contribution in [-0.2, 0) is 28.9 Å². The van der Waals surface area contributed by atoms with Crippen molar-refractivity contribution in [3.8, 4) is 5.75 Å². The largest absolute Gasteiger partial charge is 0.508 e. The summed E-state index contributed by atoms with van der Waals surface area (Å²) >= 11 is 0. The van der Waals surface area contributed by atoms with E-state index >= 15 is 0 Å². The van der Waals surface area contributed by atoms with Crippen molar-refractivity contribution in [3.63, 3.8) is 0 Å². The predicted octanol–water partition coefficient (Wildman–Crippen LogP) is 2.61. The number of carbonyl (C=O) groups is 1. The van der Waals surface area contributed by atoms with E-state index in [-0.39, 0.29) is 24.2 Å². The van der Waals surface area contributed by atoms with E-state index in [2.05, 4.69) is 23.6 Å². The molecule has 1 aromatic heterocycles. The summed E-state index contributed by atoms with van der Waals surface area (Å²) in [6.45, 7) is 1.74. The molecule has 0 unspecified atom stereocenters. The molecule has 28 heavy (non-hydrogen) atoms. The molecule has 1 aliphatic heterocycles. The van der Waals surface area contributed by atoms with Crippen LogP contribution in [0.15, 0.2) is 60.8 Å². The van der Waals surface area contributed by atoms with Crippen molar-refractivity contribution in [2.75, 3.05) is 13.2 Å². The highest BCUT2D eigenvalue weighted by Crippen LogP contribution is 2.25. The molecule has 0 fully saturated rings. The Morgan fingerprint density at radius 3 is 2.71 bits per heavy atom. The molecule has 1 amide bonds. The Morgan fingerprint density at radius 1 is 1.14 bits per heavy atom. The smallest absolute Gasteiger partial charge is 0.224 e. The average molecular weight is 377 g/mol. The maximum absolute atomic E-state index is 12.2. The Balaban J connectivity index is 1.37. The van der Waals surface area contributed by atoms with Gasteiger partial charge in [0.05, 0.1) is 25.3 Å². The molecule has 2 heterocycles. The Morgan fingerprint density at radius 2 is 1.93 bits per heavy atom. The molecule has 6 nitrogen and oxygen atoms in total. The van der Waals surface area contributed by atoms with Crippen LogP contribution >= 0.6 is 0 Å². The van der Waals surface area contributed by atoms with E-state index in [1.165, 1.54) is 11.1 Å². The fraction of sp³-hybridized carbons (Fsp3) is 0.273. The molecule has 2 aromatic carbocycles. The van der Waals surface area contributed by atoms with Crippen molar-refractivity contribution >= 4 is 5.91 Å². The molecule has 4 rings (SSSR count). The first-order valence-corrected chi connectivity index (χ1v) is 9.44. The third-order valence-electron chi connectivity index (χ3n) is 4.84. The second-order valence-electron chi connectivity index (χ2n) is 6.98. The van der Waals surface area contributed by atoms with E-state index in [0.29, 0.717) is 19.7 Å². The Labute approximate surface area is 163 Å². The van der Waals surface area contributed by atoms with Crippen LogP contribution in [0.2, 0.25) is 0 Å². The molecule has 144 valence electrons. The predicted molar refractivity (Wildman–Crippen MR) is 105 cm³/mol. The summed E-state index contributed by atoms with van der Waals surface area (Å²) in [5.41, 5.74) is 4.14. The van der Waals surface area contributed by atoms with Gasteiger partial charge in [0.2, 0.25) is 5.91 Å². The molecule has 0 saturated heterocycles. The summed E-state index contributed by atoms with van der Waals surface area (Å²) < 4.78 is 7.81. The fourth-order valence-corrected chi connectivity index (χ4v) is 3.41. The van der Waals surface area contributed by atoms with Crippen molar-refractivity contribution in [1.29, 1.82) is 0 Å². The van der Waals surface area contributed by atoms with Gasteiger partial charge in [0.1, 0.15) is 11.9 Å². The summed E-state index contributed by atoms with van der Waals surface area (Å²) in [6.07, 6.45) is 2.95. The maximum atomic E-state index is 12.2. The number of amides is 1. The van der Waals surface area contributed by atoms with Gasteiger partial charge in [-0.1, -0.05) is 42.5 Å². The number of benzene rings is 2. The molecule has 1 atom stereocenters. The van der Waals surface area contributed by atoms with Crippen LogP contribution in [0.5, 0.6) is 5.75 Å². The molecule has 0 radical (unpaired) electrons. The van der Waals surface area contributed by atoms with Crippen molar-refractivity contribution < 1.29 is 14.6 Å². The molecule has 0 aliphatic carbocycles. The van der Waals surface area contributed by atoms with Crippen LogP contribution in [0.3, 0.4) is 0 Å². The zero-order valence-corrected chi connectivity index (χ0v) is 15.5. The lowest BCUT2D eigenvalue weighted by Crippen LogP contribution is -2.32. The molecule has 3 aromatic rings. The van der Waals surface area contributed by atoms with E-state index in [4.69, 9.17) is 9.84 Å². The number of hydrogen-bond donors (Lipinski definition) is 2. The molecule has 0 bridgehead atoms. The number of nitrogens with one attached hydrogen (secondary N) is 1. The number of rotatable bonds is 6. The second kappa shape index (κ2) is 8.27. The number of phenols is 1. The van der Waals surface area contributed by atoms with Gasteiger partial charge >= 0.3 is 0 Å². The van der Waals surface area contributed by atoms with E-state index < -0.39 is 0 Å². The van der Waals surface area contributed by atoms with Gasteiger partial charge in [-0.3, -0.25) is 9.48 Å². The number of aromatic nitrogens is 2. The average Bonchev–Trinajstić information content (AvgIpc) is 3.12. The highest BCUT2D eigenvalue weighted by Gasteiger charge is 2.25. The number of aromatic hydroxyl groups is 1. The third kappa shape index (κ3) is 4.40. The SMILES string of the molecule is O=C(Cc1ccc(O)cc1)NC[C@H]1OCCc2cn(Cc3ccccc3)nc21. The van der Waals surface area contributed by atoms with Crippen LogP contribution in [0, 0.1) is 0 Å². The zero-order chi connectivity index (χ0) is 19.3. The topological polar surface area (TPSA) is 76.4 Å². The number of hydrogen-bond acceptors (Lipinski definition) is 4. The van der Waals surface area contributed by atoms with Crippen molar-refractivity contribution in [2.24, 2.45) is 0 Å². The lowest BCUT2D eigenvalue weighted by atomic mass is 10.1. The number of ether oxygens (including phenoxy) is 1. The van der Waals surface area contributed by atoms with Crippen LogP contribution < -0.4 is 5.32 Å². The first kappa shape index (κ1) is 18.3. The lowest BCUT2D eigenvalue weighted by Gasteiger charge is -2.22. The summed E-state index contributed by atoms with van der Waals surface area (Å²) in [4.78, 5) is 12.2. The van der Waals surface area contributed by atoms with Gasteiger partial charge in [0, 0.05) is 12.7 Å². The Hall–Kier alpha value is -3.12. The Kier molecular flexibility index (Phi) is 5.39. The molecular weight excluding hydrogens is 354 g/mol. The summed E-state index contributed by atoms with van der Waals surface area (Å²) in [6, 6.07) is 16.9. The van der Waals surface area contributed by atoms with E-state index in [9.17, 15) is 9.90 Å². The molecular formula is C22H23N3O3. The molecule has 0 saturated carbocycles. The van der Waals surface area contributed by atoms with Gasteiger partial charge in [-0.25, -0.2) is 0 Å². The summed E-state index contributed by atoms with van der Waals surface area (Å²) in [5.74, 6) is 0.114. The first-order chi connectivity index (χ1) is 13.7. The Bertz CT molecular complexity index is 935. The molecule has 6 heteroatoms. The molecule has 1 aliphatic rings. The van der Waals surface area contributed by atoms with E-state index in [1.807, 2.05) is 22.9 Å². The highest BCUT2D eigenvalue weighted by molar-refractivity contribution is 5.78. The van der Waals surface area contributed by atoms with E-state index in [1.54, 1.807) is 24.3 Å². The lowest BCUT2D eigenvalue weighted by molar-refractivity contribution is -0.121. The maximum Gasteiger partial charge on any atom is 0.224 e. The van der Waals surface area contributed by atoms with Gasteiger partial charge < -0.3 is 15.2 Å². The summed E-state index contributed by atoms with van der Waals surface area (Å²) in [7, 11) is 0. The quantitative estimate of drug-likeness (QED) is 0.692. The van der Waals surface area contributed by atoms with Crippen LogP contribution in [0.1, 0.15) is 28.5 Å². The van der Waals surface area contributed by atoms with Gasteiger partial charge in [-0.05, 0) is 35.2 Å². The minimum absolute atomic E-state index is 0.0786. The molecule has 2 N–H and O–H groups in total. The standard InChI is InChI=1S/C22H23N3O3/c26-19-8-6-16(7-9-19)12-21(27)23-13-20-22-18(10-11-28-20)15-25(24-22)14-17-4-2-1-3-5-17/h1-9,15,20,26H,10-14H2,(H,23,27)/t20-/m1/s1. The van der Waals surface area contributed by atoms with Gasteiger partial charge in [0.25, 0.3) is 0 Å². The van der Waals surface area contributed by atoms with Crippen molar-refractivity contribution in [3.05, 3.63) is 83.2 Å². The first-order valence-electron chi connectivity index (χ1n) is 9.44. The second-order valence-corrected chi connectivity index (χ2v) is 6.98. The van der Waals surface area contributed by atoms with Gasteiger partial charge in [-0.2, -0.15) is 5.10 Å². The van der Waals surface area contributed by atoms with Crippen molar-refractivity contribution in [1.82, 2.24) is 15.1 Å². The van der Waals surface area contributed by atoms with Crippen LogP contribution in [0.4, 0.5) is 0 Å². The van der Waals surface area contributed by atoms with Crippen LogP contribution in [-0.4, -0.2) is 33.9 Å².